The van der Waals surface area contributed by atoms with E-state index in [0.717, 1.165) is 32.4 Å². The lowest BCUT2D eigenvalue weighted by Crippen LogP contribution is -2.36. The maximum Gasteiger partial charge on any atom is 0.314 e. The molecule has 3 heteroatoms. The lowest BCUT2D eigenvalue weighted by Gasteiger charge is -2.17. The highest BCUT2D eigenvalue weighted by atomic mass is 16.2. The van der Waals surface area contributed by atoms with Gasteiger partial charge in [0.05, 0.1) is 0 Å². The molecule has 0 aromatic carbocycles. The Bertz CT molecular complexity index is 161. The molecule has 0 aliphatic rings. The summed E-state index contributed by atoms with van der Waals surface area (Å²) in [5.74, 6) is 0. The molecule has 0 spiro atoms. The highest BCUT2D eigenvalue weighted by Gasteiger charge is 2.09. The maximum atomic E-state index is 11.1. The number of urea groups is 1. The molecule has 0 saturated carbocycles. The summed E-state index contributed by atoms with van der Waals surface area (Å²) in [5.41, 5.74) is 0.363. The van der Waals surface area contributed by atoms with E-state index in [1.54, 1.807) is 0 Å². The van der Waals surface area contributed by atoms with Crippen molar-refractivity contribution in [3.05, 3.63) is 0 Å². The minimum atomic E-state index is -0.0410. The summed E-state index contributed by atoms with van der Waals surface area (Å²) in [7, 11) is 0. The molecule has 0 radical (unpaired) electrons. The van der Waals surface area contributed by atoms with E-state index in [9.17, 15) is 4.79 Å². The van der Waals surface area contributed by atoms with Gasteiger partial charge in [0.25, 0.3) is 0 Å². The third kappa shape index (κ3) is 9.36. The first-order valence-electron chi connectivity index (χ1n) is 5.47. The standard InChI is InChI=1S/C11H24N2O/c1-5-8-12-10(14)13-9-6-7-11(2,3)4/h5-9H2,1-4H3,(H2,12,13,14). The van der Waals surface area contributed by atoms with Gasteiger partial charge in [-0.25, -0.2) is 4.79 Å². The van der Waals surface area contributed by atoms with Crippen LogP contribution in [0.5, 0.6) is 0 Å². The molecule has 2 amide bonds. The van der Waals surface area contributed by atoms with E-state index >= 15 is 0 Å². The first-order chi connectivity index (χ1) is 6.45. The Kier molecular flexibility index (Phi) is 6.34. The van der Waals surface area contributed by atoms with Gasteiger partial charge in [0, 0.05) is 13.1 Å². The summed E-state index contributed by atoms with van der Waals surface area (Å²) in [5, 5.41) is 5.62. The van der Waals surface area contributed by atoms with E-state index in [1.165, 1.54) is 0 Å². The number of hydrogen-bond donors (Lipinski definition) is 2. The summed E-state index contributed by atoms with van der Waals surface area (Å²) in [6.07, 6.45) is 3.17. The van der Waals surface area contributed by atoms with Gasteiger partial charge in [0.1, 0.15) is 0 Å². The van der Waals surface area contributed by atoms with Crippen LogP contribution in [0, 0.1) is 5.41 Å². The van der Waals surface area contributed by atoms with Crippen LogP contribution < -0.4 is 10.6 Å². The summed E-state index contributed by atoms with van der Waals surface area (Å²) in [6, 6.07) is -0.0410. The van der Waals surface area contributed by atoms with E-state index < -0.39 is 0 Å². The Morgan fingerprint density at radius 1 is 1.14 bits per heavy atom. The van der Waals surface area contributed by atoms with Crippen molar-refractivity contribution in [1.29, 1.82) is 0 Å². The maximum absolute atomic E-state index is 11.1. The van der Waals surface area contributed by atoms with Gasteiger partial charge < -0.3 is 10.6 Å². The second-order valence-corrected chi connectivity index (χ2v) is 4.85. The molecule has 0 atom stereocenters. The van der Waals surface area contributed by atoms with E-state index in [1.807, 2.05) is 6.92 Å². The van der Waals surface area contributed by atoms with Crippen molar-refractivity contribution in [1.82, 2.24) is 10.6 Å². The molecule has 14 heavy (non-hydrogen) atoms. The molecule has 0 aromatic heterocycles. The van der Waals surface area contributed by atoms with E-state index in [4.69, 9.17) is 0 Å². The molecule has 0 saturated heterocycles. The minimum Gasteiger partial charge on any atom is -0.338 e. The quantitative estimate of drug-likeness (QED) is 0.658. The molecule has 3 nitrogen and oxygen atoms in total. The monoisotopic (exact) mass is 200 g/mol. The third-order valence-electron chi connectivity index (χ3n) is 1.92. The van der Waals surface area contributed by atoms with Crippen molar-refractivity contribution in [3.63, 3.8) is 0 Å². The van der Waals surface area contributed by atoms with Crippen LogP contribution in [0.2, 0.25) is 0 Å². The molecule has 0 aromatic rings. The molecule has 84 valence electrons. The lowest BCUT2D eigenvalue weighted by molar-refractivity contribution is 0.240. The average Bonchev–Trinajstić information content (AvgIpc) is 2.07. The summed E-state index contributed by atoms with van der Waals surface area (Å²) < 4.78 is 0. The van der Waals surface area contributed by atoms with Gasteiger partial charge in [0.15, 0.2) is 0 Å². The number of nitrogens with one attached hydrogen (secondary N) is 2. The Morgan fingerprint density at radius 2 is 1.71 bits per heavy atom. The number of carbonyl (C=O) groups excluding carboxylic acids is 1. The van der Waals surface area contributed by atoms with Crippen LogP contribution in [0.1, 0.15) is 47.0 Å². The Labute approximate surface area is 87.6 Å². The van der Waals surface area contributed by atoms with Crippen LogP contribution in [0.15, 0.2) is 0 Å². The van der Waals surface area contributed by atoms with E-state index in [0.29, 0.717) is 5.41 Å². The summed E-state index contributed by atoms with van der Waals surface area (Å²) in [4.78, 5) is 11.1. The zero-order valence-corrected chi connectivity index (χ0v) is 9.94. The van der Waals surface area contributed by atoms with Crippen molar-refractivity contribution in [2.75, 3.05) is 13.1 Å². The van der Waals surface area contributed by atoms with Crippen LogP contribution in [0.4, 0.5) is 4.79 Å². The number of hydrogen-bond acceptors (Lipinski definition) is 1. The van der Waals surface area contributed by atoms with Crippen molar-refractivity contribution in [3.8, 4) is 0 Å². The number of amides is 2. The van der Waals surface area contributed by atoms with Crippen molar-refractivity contribution in [2.45, 2.75) is 47.0 Å². The average molecular weight is 200 g/mol. The van der Waals surface area contributed by atoms with Crippen molar-refractivity contribution in [2.24, 2.45) is 5.41 Å². The van der Waals surface area contributed by atoms with Gasteiger partial charge in [-0.15, -0.1) is 0 Å². The predicted octanol–water partition coefficient (Wildman–Crippen LogP) is 2.52. The van der Waals surface area contributed by atoms with Crippen LogP contribution in [0.3, 0.4) is 0 Å². The minimum absolute atomic E-state index is 0.0410. The molecular formula is C11H24N2O. The Balaban J connectivity index is 3.32. The van der Waals surface area contributed by atoms with Crippen LogP contribution >= 0.6 is 0 Å². The first-order valence-corrected chi connectivity index (χ1v) is 5.47. The Hall–Kier alpha value is -0.730. The molecule has 0 fully saturated rings. The van der Waals surface area contributed by atoms with Gasteiger partial charge in [-0.3, -0.25) is 0 Å². The van der Waals surface area contributed by atoms with E-state index in [2.05, 4.69) is 31.4 Å². The van der Waals surface area contributed by atoms with Crippen molar-refractivity contribution < 1.29 is 4.79 Å². The predicted molar refractivity (Wildman–Crippen MR) is 60.4 cm³/mol. The SMILES string of the molecule is CCCNC(=O)NCCCC(C)(C)C. The highest BCUT2D eigenvalue weighted by Crippen LogP contribution is 2.19. The second kappa shape index (κ2) is 6.68. The zero-order valence-electron chi connectivity index (χ0n) is 9.94. The molecule has 0 unspecified atom stereocenters. The van der Waals surface area contributed by atoms with Gasteiger partial charge in [-0.1, -0.05) is 27.7 Å². The molecule has 0 heterocycles. The Morgan fingerprint density at radius 3 is 2.21 bits per heavy atom. The van der Waals surface area contributed by atoms with Gasteiger partial charge in [0.2, 0.25) is 0 Å². The van der Waals surface area contributed by atoms with Gasteiger partial charge in [-0.2, -0.15) is 0 Å². The lowest BCUT2D eigenvalue weighted by atomic mass is 9.91. The summed E-state index contributed by atoms with van der Waals surface area (Å²) >= 11 is 0. The van der Waals surface area contributed by atoms with Crippen molar-refractivity contribution >= 4 is 6.03 Å². The molecular weight excluding hydrogens is 176 g/mol. The fourth-order valence-electron chi connectivity index (χ4n) is 1.12. The number of carbonyl (C=O) groups is 1. The van der Waals surface area contributed by atoms with Crippen LogP contribution in [-0.4, -0.2) is 19.1 Å². The molecule has 0 bridgehead atoms. The fourth-order valence-corrected chi connectivity index (χ4v) is 1.12. The fraction of sp³-hybridized carbons (Fsp3) is 0.909. The molecule has 0 aliphatic carbocycles. The molecule has 0 aliphatic heterocycles. The highest BCUT2D eigenvalue weighted by molar-refractivity contribution is 5.73. The largest absolute Gasteiger partial charge is 0.338 e. The number of rotatable bonds is 5. The summed E-state index contributed by atoms with van der Waals surface area (Å²) in [6.45, 7) is 10.2. The van der Waals surface area contributed by atoms with Gasteiger partial charge in [-0.05, 0) is 24.7 Å². The second-order valence-electron chi connectivity index (χ2n) is 4.85. The third-order valence-corrected chi connectivity index (χ3v) is 1.92. The first kappa shape index (κ1) is 13.3. The van der Waals surface area contributed by atoms with Gasteiger partial charge >= 0.3 is 6.03 Å². The van der Waals surface area contributed by atoms with Crippen LogP contribution in [0.25, 0.3) is 0 Å². The van der Waals surface area contributed by atoms with Crippen LogP contribution in [-0.2, 0) is 0 Å². The normalized spacial score (nSPS) is 11.1. The van der Waals surface area contributed by atoms with E-state index in [-0.39, 0.29) is 6.03 Å². The smallest absolute Gasteiger partial charge is 0.314 e. The topological polar surface area (TPSA) is 41.1 Å². The zero-order chi connectivity index (χ0) is 11.0. The molecule has 2 N–H and O–H groups in total. The molecule has 0 rings (SSSR count).